The first-order valence-electron chi connectivity index (χ1n) is 12.5. The lowest BCUT2D eigenvalue weighted by Crippen LogP contribution is -2.29. The van der Waals surface area contributed by atoms with E-state index in [2.05, 4.69) is 26.7 Å². The van der Waals surface area contributed by atoms with Crippen molar-refractivity contribution in [3.63, 3.8) is 0 Å². The minimum atomic E-state index is -0.301. The molecule has 8 heteroatoms. The quantitative estimate of drug-likeness (QED) is 0.266. The first-order chi connectivity index (χ1) is 18.2. The van der Waals surface area contributed by atoms with Gasteiger partial charge in [-0.05, 0) is 69.6 Å². The highest BCUT2D eigenvalue weighted by Gasteiger charge is 2.17. The van der Waals surface area contributed by atoms with Crippen LogP contribution in [0.15, 0.2) is 67.4 Å². The zero-order valence-electron chi connectivity index (χ0n) is 22.8. The van der Waals surface area contributed by atoms with Crippen molar-refractivity contribution in [2.24, 2.45) is 0 Å². The lowest BCUT2D eigenvalue weighted by molar-refractivity contribution is -0.111. The number of hydrogen-bond acceptors (Lipinski definition) is 7. The number of nitrogens with zero attached hydrogens (tertiary/aromatic N) is 3. The van der Waals surface area contributed by atoms with Crippen molar-refractivity contribution in [3.05, 3.63) is 89.8 Å². The number of aromatic nitrogens is 1. The number of pyridine rings is 1. The Labute approximate surface area is 224 Å². The fraction of sp³-hybridized carbons (Fsp3) is 0.300. The molecular formula is C30H36N4O4. The average Bonchev–Trinajstić information content (AvgIpc) is 2.92. The smallest absolute Gasteiger partial charge is 0.247 e. The molecule has 38 heavy (non-hydrogen) atoms. The Balaban J connectivity index is 1.91. The number of ether oxygens (including phenoxy) is 2. The Morgan fingerprint density at radius 2 is 1.76 bits per heavy atom. The minimum absolute atomic E-state index is 0.0968. The Bertz CT molecular complexity index is 1270. The molecule has 0 fully saturated rings. The second-order valence-electron chi connectivity index (χ2n) is 9.10. The summed E-state index contributed by atoms with van der Waals surface area (Å²) in [7, 11) is 7.61. The van der Waals surface area contributed by atoms with E-state index < -0.39 is 0 Å². The predicted molar refractivity (Wildman–Crippen MR) is 152 cm³/mol. The monoisotopic (exact) mass is 516 g/mol. The van der Waals surface area contributed by atoms with Crippen molar-refractivity contribution in [3.8, 4) is 11.5 Å². The van der Waals surface area contributed by atoms with Crippen molar-refractivity contribution >= 4 is 23.1 Å². The highest BCUT2D eigenvalue weighted by molar-refractivity contribution is 6.09. The summed E-state index contributed by atoms with van der Waals surface area (Å²) in [4.78, 5) is 34.0. The Kier molecular flexibility index (Phi) is 10.0. The van der Waals surface area contributed by atoms with E-state index in [-0.39, 0.29) is 11.7 Å². The van der Waals surface area contributed by atoms with Crippen LogP contribution in [0.2, 0.25) is 0 Å². The third kappa shape index (κ3) is 7.43. The van der Waals surface area contributed by atoms with Crippen LogP contribution in [0.1, 0.15) is 34.1 Å². The number of amides is 1. The molecule has 1 N–H and O–H groups in total. The van der Waals surface area contributed by atoms with Gasteiger partial charge in [0, 0.05) is 61.2 Å². The summed E-state index contributed by atoms with van der Waals surface area (Å²) in [5.41, 5.74) is 4.12. The van der Waals surface area contributed by atoms with Crippen LogP contribution in [0.4, 0.5) is 11.4 Å². The van der Waals surface area contributed by atoms with E-state index in [9.17, 15) is 9.59 Å². The van der Waals surface area contributed by atoms with Crippen LogP contribution in [0, 0.1) is 0 Å². The molecule has 8 nitrogen and oxygen atoms in total. The van der Waals surface area contributed by atoms with E-state index in [1.807, 2.05) is 40.2 Å². The van der Waals surface area contributed by atoms with E-state index in [4.69, 9.17) is 9.47 Å². The number of methoxy groups -OCH3 is 1. The largest absolute Gasteiger partial charge is 0.496 e. The third-order valence-electron chi connectivity index (χ3n) is 6.01. The van der Waals surface area contributed by atoms with Gasteiger partial charge in [0.2, 0.25) is 5.91 Å². The number of rotatable bonds is 13. The summed E-state index contributed by atoms with van der Waals surface area (Å²) < 4.78 is 11.2. The van der Waals surface area contributed by atoms with E-state index in [1.165, 1.54) is 6.08 Å². The van der Waals surface area contributed by atoms with Crippen LogP contribution < -0.4 is 19.7 Å². The van der Waals surface area contributed by atoms with Gasteiger partial charge >= 0.3 is 0 Å². The SMILES string of the molecule is C=CC(=O)Nc1cc(Cc2cc(C(=O)c3ccc(OCC)cc3)ccn2)c(OC)cc1N(C)CCN(C)C. The molecular weight excluding hydrogens is 480 g/mol. The number of carbonyl (C=O) groups excluding carboxylic acids is 2. The van der Waals surface area contributed by atoms with Gasteiger partial charge in [-0.15, -0.1) is 0 Å². The number of hydrogen-bond donors (Lipinski definition) is 1. The zero-order chi connectivity index (χ0) is 27.7. The van der Waals surface area contributed by atoms with Gasteiger partial charge in [0.05, 0.1) is 25.1 Å². The fourth-order valence-corrected chi connectivity index (χ4v) is 3.96. The van der Waals surface area contributed by atoms with Gasteiger partial charge in [0.25, 0.3) is 0 Å². The van der Waals surface area contributed by atoms with Crippen molar-refractivity contribution in [2.75, 3.05) is 58.2 Å². The maximum absolute atomic E-state index is 13.1. The number of nitrogens with one attached hydrogen (secondary N) is 1. The number of carbonyl (C=O) groups is 2. The van der Waals surface area contributed by atoms with Crippen LogP contribution in [-0.2, 0) is 11.2 Å². The first-order valence-corrected chi connectivity index (χ1v) is 12.5. The molecule has 0 atom stereocenters. The lowest BCUT2D eigenvalue weighted by atomic mass is 10.0. The summed E-state index contributed by atoms with van der Waals surface area (Å²) in [5.74, 6) is 0.991. The molecule has 0 saturated carbocycles. The van der Waals surface area contributed by atoms with Gasteiger partial charge in [0.1, 0.15) is 11.5 Å². The summed E-state index contributed by atoms with van der Waals surface area (Å²) in [6, 6.07) is 14.4. The minimum Gasteiger partial charge on any atom is -0.496 e. The van der Waals surface area contributed by atoms with Crippen LogP contribution in [0.3, 0.4) is 0 Å². The van der Waals surface area contributed by atoms with Gasteiger partial charge in [-0.2, -0.15) is 0 Å². The number of anilines is 2. The fourth-order valence-electron chi connectivity index (χ4n) is 3.96. The summed E-state index contributed by atoms with van der Waals surface area (Å²) in [6.07, 6.45) is 3.28. The van der Waals surface area contributed by atoms with Crippen LogP contribution in [0.25, 0.3) is 0 Å². The highest BCUT2D eigenvalue weighted by atomic mass is 16.5. The van der Waals surface area contributed by atoms with Crippen molar-refractivity contribution in [2.45, 2.75) is 13.3 Å². The average molecular weight is 517 g/mol. The topological polar surface area (TPSA) is 84.0 Å². The van der Waals surface area contributed by atoms with Gasteiger partial charge in [-0.3, -0.25) is 14.6 Å². The van der Waals surface area contributed by atoms with E-state index >= 15 is 0 Å². The molecule has 0 aliphatic rings. The Morgan fingerprint density at radius 1 is 1.03 bits per heavy atom. The first kappa shape index (κ1) is 28.4. The molecule has 1 heterocycles. The van der Waals surface area contributed by atoms with Crippen molar-refractivity contribution < 1.29 is 19.1 Å². The second kappa shape index (κ2) is 13.4. The molecule has 0 saturated heterocycles. The molecule has 0 aliphatic carbocycles. The summed E-state index contributed by atoms with van der Waals surface area (Å²) in [6.45, 7) is 7.65. The molecule has 2 aromatic carbocycles. The second-order valence-corrected chi connectivity index (χ2v) is 9.10. The van der Waals surface area contributed by atoms with Crippen LogP contribution >= 0.6 is 0 Å². The van der Waals surface area contributed by atoms with E-state index in [0.717, 1.165) is 30.1 Å². The molecule has 3 aromatic rings. The standard InChI is InChI=1S/C30H36N4O4/c1-7-29(35)32-26-19-23(28(37-6)20-27(26)34(5)16-15-33(3)4)18-24-17-22(13-14-31-24)30(36)21-9-11-25(12-10-21)38-8-2/h7,9-14,17,19-20H,1,8,15-16,18H2,2-6H3,(H,32,35). The van der Waals surface area contributed by atoms with Gasteiger partial charge < -0.3 is 24.6 Å². The highest BCUT2D eigenvalue weighted by Crippen LogP contribution is 2.35. The van der Waals surface area contributed by atoms with Gasteiger partial charge in [-0.25, -0.2) is 0 Å². The molecule has 0 unspecified atom stereocenters. The molecule has 1 amide bonds. The maximum Gasteiger partial charge on any atom is 0.247 e. The predicted octanol–water partition coefficient (Wildman–Crippen LogP) is 4.43. The molecule has 0 radical (unpaired) electrons. The van der Waals surface area contributed by atoms with E-state index in [0.29, 0.717) is 41.3 Å². The zero-order valence-corrected chi connectivity index (χ0v) is 22.8. The molecule has 0 aliphatic heterocycles. The summed E-state index contributed by atoms with van der Waals surface area (Å²) >= 11 is 0. The number of likely N-dealkylation sites (N-methyl/N-ethyl adjacent to an activating group) is 2. The number of ketones is 1. The Hall–Kier alpha value is -4.17. The third-order valence-corrected chi connectivity index (χ3v) is 6.01. The van der Waals surface area contributed by atoms with Crippen LogP contribution in [0.5, 0.6) is 11.5 Å². The lowest BCUT2D eigenvalue weighted by Gasteiger charge is -2.26. The van der Waals surface area contributed by atoms with E-state index in [1.54, 1.807) is 49.7 Å². The Morgan fingerprint density at radius 3 is 2.39 bits per heavy atom. The number of benzene rings is 2. The van der Waals surface area contributed by atoms with Gasteiger partial charge in [0.15, 0.2) is 5.78 Å². The normalized spacial score (nSPS) is 10.7. The summed E-state index contributed by atoms with van der Waals surface area (Å²) in [5, 5.41) is 2.92. The molecule has 3 rings (SSSR count). The molecule has 0 spiro atoms. The van der Waals surface area contributed by atoms with Gasteiger partial charge in [-0.1, -0.05) is 6.58 Å². The maximum atomic E-state index is 13.1. The molecule has 1 aromatic heterocycles. The molecule has 200 valence electrons. The van der Waals surface area contributed by atoms with Crippen molar-refractivity contribution in [1.29, 1.82) is 0 Å². The van der Waals surface area contributed by atoms with Crippen LogP contribution in [-0.4, -0.2) is 69.5 Å². The molecule has 0 bridgehead atoms. The van der Waals surface area contributed by atoms with Crippen molar-refractivity contribution in [1.82, 2.24) is 9.88 Å².